The SMILES string of the molecule is COc1ccc(F)cc1C(=O)Cn1ccc(C)cc1=O. The van der Waals surface area contributed by atoms with Crippen LogP contribution in [0.15, 0.2) is 41.3 Å². The molecule has 1 heterocycles. The van der Waals surface area contributed by atoms with Gasteiger partial charge < -0.3 is 9.30 Å². The number of aryl methyl sites for hydroxylation is 1. The Bertz CT molecular complexity index is 707. The lowest BCUT2D eigenvalue weighted by Crippen LogP contribution is -2.23. The maximum absolute atomic E-state index is 13.2. The van der Waals surface area contributed by atoms with Gasteiger partial charge in [-0.05, 0) is 36.8 Å². The molecule has 0 atom stereocenters. The molecule has 0 spiro atoms. The molecule has 0 bridgehead atoms. The lowest BCUT2D eigenvalue weighted by Gasteiger charge is -2.09. The fourth-order valence-electron chi connectivity index (χ4n) is 1.88. The van der Waals surface area contributed by atoms with E-state index in [2.05, 4.69) is 0 Å². The van der Waals surface area contributed by atoms with Crippen molar-refractivity contribution in [2.24, 2.45) is 0 Å². The topological polar surface area (TPSA) is 48.3 Å². The fourth-order valence-corrected chi connectivity index (χ4v) is 1.88. The quantitative estimate of drug-likeness (QED) is 0.804. The Morgan fingerprint density at radius 1 is 1.30 bits per heavy atom. The zero-order chi connectivity index (χ0) is 14.7. The normalized spacial score (nSPS) is 10.3. The number of pyridine rings is 1. The van der Waals surface area contributed by atoms with Gasteiger partial charge in [0.25, 0.3) is 5.56 Å². The van der Waals surface area contributed by atoms with Crippen LogP contribution in [0.3, 0.4) is 0 Å². The van der Waals surface area contributed by atoms with Gasteiger partial charge in [0, 0.05) is 12.3 Å². The van der Waals surface area contributed by atoms with Crippen LogP contribution >= 0.6 is 0 Å². The molecule has 2 rings (SSSR count). The predicted octanol–water partition coefficient (Wildman–Crippen LogP) is 2.19. The molecule has 4 nitrogen and oxygen atoms in total. The molecule has 5 heteroatoms. The summed E-state index contributed by atoms with van der Waals surface area (Å²) in [5, 5.41) is 0. The van der Waals surface area contributed by atoms with Crippen molar-refractivity contribution in [2.45, 2.75) is 13.5 Å². The average Bonchev–Trinajstić information content (AvgIpc) is 2.41. The van der Waals surface area contributed by atoms with Crippen molar-refractivity contribution in [1.82, 2.24) is 4.57 Å². The third-order valence-electron chi connectivity index (χ3n) is 2.93. The number of rotatable bonds is 4. The van der Waals surface area contributed by atoms with Gasteiger partial charge in [0.05, 0.1) is 19.2 Å². The van der Waals surface area contributed by atoms with Crippen LogP contribution in [-0.2, 0) is 6.54 Å². The van der Waals surface area contributed by atoms with Crippen LogP contribution < -0.4 is 10.3 Å². The molecule has 2 aromatic rings. The van der Waals surface area contributed by atoms with Crippen molar-refractivity contribution < 1.29 is 13.9 Å². The molecule has 0 saturated heterocycles. The number of carbonyl (C=O) groups is 1. The number of nitrogens with zero attached hydrogens (tertiary/aromatic N) is 1. The van der Waals surface area contributed by atoms with E-state index in [4.69, 9.17) is 4.74 Å². The second kappa shape index (κ2) is 5.69. The molecule has 0 saturated carbocycles. The summed E-state index contributed by atoms with van der Waals surface area (Å²) >= 11 is 0. The van der Waals surface area contributed by atoms with Crippen LogP contribution in [0.1, 0.15) is 15.9 Å². The Balaban J connectivity index is 2.33. The average molecular weight is 275 g/mol. The van der Waals surface area contributed by atoms with E-state index in [0.717, 1.165) is 11.6 Å². The van der Waals surface area contributed by atoms with E-state index >= 15 is 0 Å². The minimum absolute atomic E-state index is 0.125. The van der Waals surface area contributed by atoms with Gasteiger partial charge in [-0.2, -0.15) is 0 Å². The van der Waals surface area contributed by atoms with Crippen LogP contribution in [0.25, 0.3) is 0 Å². The molecule has 0 fully saturated rings. The Morgan fingerprint density at radius 2 is 2.05 bits per heavy atom. The number of aromatic nitrogens is 1. The van der Waals surface area contributed by atoms with Gasteiger partial charge in [0.2, 0.25) is 0 Å². The third kappa shape index (κ3) is 2.93. The van der Waals surface area contributed by atoms with E-state index in [1.807, 2.05) is 0 Å². The van der Waals surface area contributed by atoms with Gasteiger partial charge in [0.1, 0.15) is 11.6 Å². The number of Topliss-reactive ketones (excluding diaryl/α,β-unsaturated/α-hetero) is 1. The second-order valence-electron chi connectivity index (χ2n) is 4.44. The van der Waals surface area contributed by atoms with Gasteiger partial charge in [-0.3, -0.25) is 9.59 Å². The number of halogens is 1. The van der Waals surface area contributed by atoms with E-state index < -0.39 is 5.82 Å². The van der Waals surface area contributed by atoms with E-state index in [9.17, 15) is 14.0 Å². The highest BCUT2D eigenvalue weighted by Gasteiger charge is 2.14. The van der Waals surface area contributed by atoms with Crippen LogP contribution in [0.5, 0.6) is 5.75 Å². The summed E-state index contributed by atoms with van der Waals surface area (Å²) in [5.74, 6) is -0.616. The number of methoxy groups -OCH3 is 1. The Kier molecular flexibility index (Phi) is 3.98. The van der Waals surface area contributed by atoms with E-state index in [1.54, 1.807) is 19.2 Å². The summed E-state index contributed by atoms with van der Waals surface area (Å²) in [6, 6.07) is 6.89. The van der Waals surface area contributed by atoms with Gasteiger partial charge >= 0.3 is 0 Å². The maximum Gasteiger partial charge on any atom is 0.251 e. The highest BCUT2D eigenvalue weighted by Crippen LogP contribution is 2.20. The minimum atomic E-state index is -0.523. The van der Waals surface area contributed by atoms with Crippen LogP contribution in [-0.4, -0.2) is 17.5 Å². The molecular formula is C15H14FNO3. The van der Waals surface area contributed by atoms with E-state index in [0.29, 0.717) is 0 Å². The smallest absolute Gasteiger partial charge is 0.251 e. The van der Waals surface area contributed by atoms with Crippen molar-refractivity contribution in [3.63, 3.8) is 0 Å². The Hall–Kier alpha value is -2.43. The summed E-state index contributed by atoms with van der Waals surface area (Å²) in [4.78, 5) is 23.9. The standard InChI is InChI=1S/C15H14FNO3/c1-10-5-6-17(15(19)7-10)9-13(18)12-8-11(16)3-4-14(12)20-2/h3-8H,9H2,1-2H3. The zero-order valence-corrected chi connectivity index (χ0v) is 11.2. The lowest BCUT2D eigenvalue weighted by atomic mass is 10.1. The van der Waals surface area contributed by atoms with Crippen molar-refractivity contribution >= 4 is 5.78 Å². The number of ketones is 1. The molecule has 0 aliphatic carbocycles. The van der Waals surface area contributed by atoms with Gasteiger partial charge in [-0.15, -0.1) is 0 Å². The number of ether oxygens (including phenoxy) is 1. The first kappa shape index (κ1) is 14.0. The first-order valence-corrected chi connectivity index (χ1v) is 6.05. The van der Waals surface area contributed by atoms with Gasteiger partial charge in [-0.25, -0.2) is 4.39 Å². The second-order valence-corrected chi connectivity index (χ2v) is 4.44. The molecule has 0 aliphatic heterocycles. The summed E-state index contributed by atoms with van der Waals surface area (Å²) in [6.45, 7) is 1.64. The first-order chi connectivity index (χ1) is 9.51. The molecule has 20 heavy (non-hydrogen) atoms. The maximum atomic E-state index is 13.2. The van der Waals surface area contributed by atoms with Crippen LogP contribution in [0.4, 0.5) is 4.39 Å². The summed E-state index contributed by atoms with van der Waals surface area (Å²) < 4.78 is 19.5. The largest absolute Gasteiger partial charge is 0.496 e. The summed E-state index contributed by atoms with van der Waals surface area (Å²) in [5.41, 5.74) is 0.677. The Labute approximate surface area is 115 Å². The minimum Gasteiger partial charge on any atom is -0.496 e. The highest BCUT2D eigenvalue weighted by molar-refractivity contribution is 5.98. The Morgan fingerprint density at radius 3 is 2.70 bits per heavy atom. The highest BCUT2D eigenvalue weighted by atomic mass is 19.1. The third-order valence-corrected chi connectivity index (χ3v) is 2.93. The predicted molar refractivity (Wildman–Crippen MR) is 72.7 cm³/mol. The number of hydrogen-bond donors (Lipinski definition) is 0. The molecule has 0 aliphatic rings. The number of hydrogen-bond acceptors (Lipinski definition) is 3. The van der Waals surface area contributed by atoms with E-state index in [-0.39, 0.29) is 29.2 Å². The van der Waals surface area contributed by atoms with E-state index in [1.165, 1.54) is 29.9 Å². The molecule has 1 aromatic carbocycles. The van der Waals surface area contributed by atoms with Crippen LogP contribution in [0.2, 0.25) is 0 Å². The lowest BCUT2D eigenvalue weighted by molar-refractivity contribution is 0.0967. The van der Waals surface area contributed by atoms with Crippen molar-refractivity contribution in [3.8, 4) is 5.75 Å². The van der Waals surface area contributed by atoms with Crippen LogP contribution in [0, 0.1) is 12.7 Å². The summed E-state index contributed by atoms with van der Waals surface area (Å²) in [6.07, 6.45) is 1.54. The molecule has 0 amide bonds. The van der Waals surface area contributed by atoms with Gasteiger partial charge in [0.15, 0.2) is 5.78 Å². The summed E-state index contributed by atoms with van der Waals surface area (Å²) in [7, 11) is 1.40. The van der Waals surface area contributed by atoms with Crippen molar-refractivity contribution in [1.29, 1.82) is 0 Å². The van der Waals surface area contributed by atoms with Gasteiger partial charge in [-0.1, -0.05) is 0 Å². The molecule has 0 radical (unpaired) electrons. The molecule has 1 aromatic heterocycles. The molecular weight excluding hydrogens is 261 g/mol. The van der Waals surface area contributed by atoms with Crippen molar-refractivity contribution in [2.75, 3.05) is 7.11 Å². The van der Waals surface area contributed by atoms with Crippen molar-refractivity contribution in [3.05, 3.63) is 63.8 Å². The first-order valence-electron chi connectivity index (χ1n) is 6.05. The zero-order valence-electron chi connectivity index (χ0n) is 11.2. The molecule has 104 valence electrons. The monoisotopic (exact) mass is 275 g/mol. The number of benzene rings is 1. The number of carbonyl (C=O) groups excluding carboxylic acids is 1. The molecule has 0 N–H and O–H groups in total. The fraction of sp³-hybridized carbons (Fsp3) is 0.200. The molecule has 0 unspecified atom stereocenters.